The van der Waals surface area contributed by atoms with Crippen LogP contribution in [0.5, 0.6) is 5.75 Å². The van der Waals surface area contributed by atoms with Crippen LogP contribution in [0.4, 0.5) is 0 Å². The number of ether oxygens (including phenoxy) is 1. The second-order valence-corrected chi connectivity index (χ2v) is 9.21. The molecule has 164 valence electrons. The Morgan fingerprint density at radius 3 is 2.83 bits per heavy atom. The van der Waals surface area contributed by atoms with E-state index < -0.39 is 0 Å². The lowest BCUT2D eigenvalue weighted by molar-refractivity contribution is -0.140. The maximum atomic E-state index is 12.9. The van der Waals surface area contributed by atoms with Crippen LogP contribution in [-0.2, 0) is 16.0 Å². The number of rotatable bonds is 6. The summed E-state index contributed by atoms with van der Waals surface area (Å²) in [5.41, 5.74) is 1.32. The molecule has 3 fully saturated rings. The van der Waals surface area contributed by atoms with Gasteiger partial charge in [0.15, 0.2) is 0 Å². The third-order valence-electron chi connectivity index (χ3n) is 7.27. The SMILES string of the molecule is COc1cccc(C[C@H]2[C@H]3C[C@H](CN(C(=O)CCNC(C)=O)C3)[C@@H]3CCCCN32)c1. The lowest BCUT2D eigenvalue weighted by Gasteiger charge is -2.57. The van der Waals surface area contributed by atoms with Crippen molar-refractivity contribution in [2.24, 2.45) is 11.8 Å². The topological polar surface area (TPSA) is 61.9 Å². The van der Waals surface area contributed by atoms with Gasteiger partial charge in [-0.1, -0.05) is 18.6 Å². The van der Waals surface area contributed by atoms with E-state index in [1.807, 2.05) is 6.07 Å². The van der Waals surface area contributed by atoms with E-state index in [9.17, 15) is 9.59 Å². The zero-order valence-corrected chi connectivity index (χ0v) is 18.3. The smallest absolute Gasteiger partial charge is 0.224 e. The maximum absolute atomic E-state index is 12.9. The summed E-state index contributed by atoms with van der Waals surface area (Å²) in [5.74, 6) is 2.11. The summed E-state index contributed by atoms with van der Waals surface area (Å²) in [4.78, 5) is 28.9. The fraction of sp³-hybridized carbons (Fsp3) is 0.667. The molecular weight excluding hydrogens is 378 g/mol. The number of carbonyl (C=O) groups is 2. The molecule has 6 heteroatoms. The Hall–Kier alpha value is -2.08. The predicted octanol–water partition coefficient (Wildman–Crippen LogP) is 2.47. The average molecular weight is 414 g/mol. The molecule has 2 bridgehead atoms. The third kappa shape index (κ3) is 4.64. The molecule has 1 aromatic carbocycles. The van der Waals surface area contributed by atoms with Gasteiger partial charge in [0, 0.05) is 45.1 Å². The molecule has 1 N–H and O–H groups in total. The highest BCUT2D eigenvalue weighted by Crippen LogP contribution is 2.42. The lowest BCUT2D eigenvalue weighted by Crippen LogP contribution is -2.64. The quantitative estimate of drug-likeness (QED) is 0.778. The zero-order chi connectivity index (χ0) is 21.1. The molecule has 0 unspecified atom stereocenters. The van der Waals surface area contributed by atoms with Crippen molar-refractivity contribution in [1.29, 1.82) is 0 Å². The number of hydrogen-bond acceptors (Lipinski definition) is 4. The van der Waals surface area contributed by atoms with Gasteiger partial charge in [-0.25, -0.2) is 0 Å². The van der Waals surface area contributed by atoms with E-state index in [4.69, 9.17) is 4.74 Å². The van der Waals surface area contributed by atoms with Crippen molar-refractivity contribution in [3.8, 4) is 5.75 Å². The number of fused-ring (bicyclic) bond motifs is 4. The Morgan fingerprint density at radius 2 is 2.03 bits per heavy atom. The van der Waals surface area contributed by atoms with Crippen LogP contribution in [0.15, 0.2) is 24.3 Å². The maximum Gasteiger partial charge on any atom is 0.224 e. The highest BCUT2D eigenvalue weighted by atomic mass is 16.5. The van der Waals surface area contributed by atoms with Crippen LogP contribution in [0.3, 0.4) is 0 Å². The number of likely N-dealkylation sites (tertiary alicyclic amines) is 1. The molecule has 6 nitrogen and oxygen atoms in total. The van der Waals surface area contributed by atoms with Gasteiger partial charge in [-0.3, -0.25) is 14.5 Å². The first-order chi connectivity index (χ1) is 14.5. The van der Waals surface area contributed by atoms with Gasteiger partial charge in [0.2, 0.25) is 11.8 Å². The minimum atomic E-state index is -0.0745. The van der Waals surface area contributed by atoms with E-state index >= 15 is 0 Å². The van der Waals surface area contributed by atoms with Gasteiger partial charge in [-0.05, 0) is 61.8 Å². The molecule has 0 spiro atoms. The Morgan fingerprint density at radius 1 is 1.20 bits per heavy atom. The first-order valence-electron chi connectivity index (χ1n) is 11.5. The van der Waals surface area contributed by atoms with Gasteiger partial charge in [-0.15, -0.1) is 0 Å². The second-order valence-electron chi connectivity index (χ2n) is 9.21. The fourth-order valence-electron chi connectivity index (χ4n) is 5.94. The average Bonchev–Trinajstić information content (AvgIpc) is 2.76. The summed E-state index contributed by atoms with van der Waals surface area (Å²) in [6.45, 7) is 4.83. The van der Waals surface area contributed by atoms with Crippen molar-refractivity contribution in [2.45, 2.75) is 57.5 Å². The summed E-state index contributed by atoms with van der Waals surface area (Å²) in [5, 5.41) is 2.76. The van der Waals surface area contributed by atoms with Crippen LogP contribution in [0.1, 0.15) is 44.6 Å². The zero-order valence-electron chi connectivity index (χ0n) is 18.3. The molecule has 0 aromatic heterocycles. The number of amides is 2. The summed E-state index contributed by atoms with van der Waals surface area (Å²) in [6, 6.07) is 9.50. The van der Waals surface area contributed by atoms with Crippen LogP contribution in [0.25, 0.3) is 0 Å². The summed E-state index contributed by atoms with van der Waals surface area (Å²) < 4.78 is 5.44. The van der Waals surface area contributed by atoms with Crippen molar-refractivity contribution in [3.05, 3.63) is 29.8 Å². The number of piperidine rings is 3. The predicted molar refractivity (Wildman–Crippen MR) is 116 cm³/mol. The van der Waals surface area contributed by atoms with E-state index in [0.29, 0.717) is 36.9 Å². The Kier molecular flexibility index (Phi) is 6.61. The highest BCUT2D eigenvalue weighted by molar-refractivity contribution is 5.78. The van der Waals surface area contributed by atoms with Crippen LogP contribution in [0, 0.1) is 11.8 Å². The Balaban J connectivity index is 1.49. The Bertz CT molecular complexity index is 768. The first-order valence-corrected chi connectivity index (χ1v) is 11.5. The largest absolute Gasteiger partial charge is 0.497 e. The highest BCUT2D eigenvalue weighted by Gasteiger charge is 2.47. The molecule has 0 saturated carbocycles. The molecule has 1 aromatic rings. The molecule has 4 rings (SSSR count). The number of methoxy groups -OCH3 is 1. The van der Waals surface area contributed by atoms with Crippen LogP contribution < -0.4 is 10.1 Å². The van der Waals surface area contributed by atoms with Crippen LogP contribution in [-0.4, -0.2) is 67.0 Å². The number of nitrogens with zero attached hydrogens (tertiary/aromatic N) is 2. The number of carbonyl (C=O) groups excluding carboxylic acids is 2. The van der Waals surface area contributed by atoms with Crippen molar-refractivity contribution in [1.82, 2.24) is 15.1 Å². The number of nitrogens with one attached hydrogen (secondary N) is 1. The lowest BCUT2D eigenvalue weighted by atomic mass is 9.71. The standard InChI is InChI=1S/C24H35N3O3/c1-17(28)25-10-9-24(29)26-15-19-14-20(16-26)23(27-11-4-3-8-22(19)27)13-18-6-5-7-21(12-18)30-2/h5-7,12,19-20,22-23H,3-4,8-11,13-16H2,1-2H3,(H,25,28)/t19-,20+,22+,23+/m1/s1. The van der Waals surface area contributed by atoms with Gasteiger partial charge in [0.05, 0.1) is 7.11 Å². The molecule has 2 amide bonds. The van der Waals surface area contributed by atoms with Gasteiger partial charge >= 0.3 is 0 Å². The van der Waals surface area contributed by atoms with Crippen molar-refractivity contribution in [2.75, 3.05) is 33.3 Å². The van der Waals surface area contributed by atoms with Gasteiger partial charge < -0.3 is 15.0 Å². The van der Waals surface area contributed by atoms with Gasteiger partial charge in [0.1, 0.15) is 5.75 Å². The van der Waals surface area contributed by atoms with E-state index in [1.54, 1.807) is 7.11 Å². The molecule has 0 radical (unpaired) electrons. The van der Waals surface area contributed by atoms with Crippen LogP contribution >= 0.6 is 0 Å². The summed E-state index contributed by atoms with van der Waals surface area (Å²) >= 11 is 0. The van der Waals surface area contributed by atoms with Crippen molar-refractivity contribution >= 4 is 11.8 Å². The molecule has 4 atom stereocenters. The van der Waals surface area contributed by atoms with Crippen molar-refractivity contribution < 1.29 is 14.3 Å². The third-order valence-corrected chi connectivity index (χ3v) is 7.27. The van der Waals surface area contributed by atoms with E-state index in [-0.39, 0.29) is 11.8 Å². The van der Waals surface area contributed by atoms with E-state index in [0.717, 1.165) is 25.3 Å². The van der Waals surface area contributed by atoms with Gasteiger partial charge in [0.25, 0.3) is 0 Å². The molecule has 30 heavy (non-hydrogen) atoms. The van der Waals surface area contributed by atoms with E-state index in [1.165, 1.54) is 44.7 Å². The first kappa shape index (κ1) is 21.2. The van der Waals surface area contributed by atoms with Gasteiger partial charge in [-0.2, -0.15) is 0 Å². The number of hydrogen-bond donors (Lipinski definition) is 1. The molecule has 0 aliphatic carbocycles. The molecule has 3 aliphatic rings. The molecule has 3 aliphatic heterocycles. The Labute approximate surface area is 179 Å². The number of benzene rings is 1. The normalized spacial score (nSPS) is 28.5. The minimum Gasteiger partial charge on any atom is -0.497 e. The summed E-state index contributed by atoms with van der Waals surface area (Å²) in [6.07, 6.45) is 6.47. The van der Waals surface area contributed by atoms with Crippen molar-refractivity contribution in [3.63, 3.8) is 0 Å². The molecule has 3 saturated heterocycles. The fourth-order valence-corrected chi connectivity index (χ4v) is 5.94. The molecular formula is C24H35N3O3. The second kappa shape index (κ2) is 9.38. The monoisotopic (exact) mass is 413 g/mol. The van der Waals surface area contributed by atoms with Crippen LogP contribution in [0.2, 0.25) is 0 Å². The van der Waals surface area contributed by atoms with E-state index in [2.05, 4.69) is 33.3 Å². The minimum absolute atomic E-state index is 0.0745. The summed E-state index contributed by atoms with van der Waals surface area (Å²) in [7, 11) is 1.72. The molecule has 3 heterocycles.